The van der Waals surface area contributed by atoms with E-state index in [0.717, 1.165) is 12.0 Å². The number of ether oxygens (including phenoxy) is 1. The molecule has 0 bridgehead atoms. The van der Waals surface area contributed by atoms with Crippen LogP contribution in [0.25, 0.3) is 0 Å². The summed E-state index contributed by atoms with van der Waals surface area (Å²) in [6, 6.07) is 7.33. The molecular formula is C15H16BrNO3. The number of furan rings is 1. The van der Waals surface area contributed by atoms with E-state index in [1.54, 1.807) is 6.07 Å². The van der Waals surface area contributed by atoms with Crippen molar-refractivity contribution in [3.05, 3.63) is 46.3 Å². The highest BCUT2D eigenvalue weighted by Crippen LogP contribution is 2.27. The fourth-order valence-corrected chi connectivity index (χ4v) is 2.08. The molecule has 1 aromatic carbocycles. The number of carbonyl (C=O) groups is 1. The van der Waals surface area contributed by atoms with Gasteiger partial charge in [0.25, 0.3) is 5.91 Å². The molecule has 0 fully saturated rings. The van der Waals surface area contributed by atoms with Crippen LogP contribution in [0.4, 0.5) is 5.69 Å². The summed E-state index contributed by atoms with van der Waals surface area (Å²) in [5.74, 6) is 0.599. The van der Waals surface area contributed by atoms with Crippen LogP contribution in [0, 0.1) is 6.92 Å². The first-order valence-corrected chi connectivity index (χ1v) is 7.19. The topological polar surface area (TPSA) is 51.5 Å². The molecule has 0 aliphatic rings. The molecule has 4 nitrogen and oxygen atoms in total. The highest BCUT2D eigenvalue weighted by molar-refractivity contribution is 9.10. The van der Waals surface area contributed by atoms with E-state index in [-0.39, 0.29) is 11.7 Å². The molecule has 1 heterocycles. The maximum absolute atomic E-state index is 12.1. The first kappa shape index (κ1) is 14.7. The molecule has 0 atom stereocenters. The van der Waals surface area contributed by atoms with E-state index in [0.29, 0.717) is 22.5 Å². The minimum absolute atomic E-state index is 0.243. The summed E-state index contributed by atoms with van der Waals surface area (Å²) in [6.45, 7) is 4.62. The fourth-order valence-electron chi connectivity index (χ4n) is 1.70. The maximum atomic E-state index is 12.1. The molecule has 1 N–H and O–H groups in total. The Hall–Kier alpha value is -1.75. The predicted octanol–water partition coefficient (Wildman–Crippen LogP) is 4.39. The highest BCUT2D eigenvalue weighted by atomic mass is 79.9. The van der Waals surface area contributed by atoms with Crippen LogP contribution in [-0.2, 0) is 0 Å². The summed E-state index contributed by atoms with van der Waals surface area (Å²) in [4.78, 5) is 12.1. The molecule has 0 unspecified atom stereocenters. The zero-order valence-electron chi connectivity index (χ0n) is 11.4. The molecule has 0 saturated heterocycles. The van der Waals surface area contributed by atoms with Gasteiger partial charge in [0.05, 0.1) is 23.0 Å². The van der Waals surface area contributed by atoms with Gasteiger partial charge in [-0.25, -0.2) is 0 Å². The minimum atomic E-state index is -0.313. The summed E-state index contributed by atoms with van der Waals surface area (Å²) in [5, 5.41) is 2.80. The number of rotatable bonds is 5. The van der Waals surface area contributed by atoms with Crippen molar-refractivity contribution < 1.29 is 13.9 Å². The van der Waals surface area contributed by atoms with Gasteiger partial charge < -0.3 is 14.5 Å². The quantitative estimate of drug-likeness (QED) is 0.880. The molecule has 0 saturated carbocycles. The minimum Gasteiger partial charge on any atom is -0.491 e. The van der Waals surface area contributed by atoms with E-state index in [1.807, 2.05) is 32.0 Å². The SMILES string of the molecule is CCCOc1cc(C)ccc1NC(=O)c1occc1Br. The van der Waals surface area contributed by atoms with Crippen molar-refractivity contribution in [3.8, 4) is 5.75 Å². The molecule has 106 valence electrons. The molecule has 2 aromatic rings. The van der Waals surface area contributed by atoms with Gasteiger partial charge in [-0.2, -0.15) is 0 Å². The van der Waals surface area contributed by atoms with Crippen LogP contribution in [0.5, 0.6) is 5.75 Å². The first-order chi connectivity index (χ1) is 9.61. The maximum Gasteiger partial charge on any atom is 0.292 e. The second-order valence-corrected chi connectivity index (χ2v) is 5.25. The number of carbonyl (C=O) groups excluding carboxylic acids is 1. The predicted molar refractivity (Wildman–Crippen MR) is 81.3 cm³/mol. The Bertz CT molecular complexity index is 607. The first-order valence-electron chi connectivity index (χ1n) is 6.39. The summed E-state index contributed by atoms with van der Waals surface area (Å²) >= 11 is 3.27. The van der Waals surface area contributed by atoms with E-state index in [4.69, 9.17) is 9.15 Å². The van der Waals surface area contributed by atoms with Crippen molar-refractivity contribution in [1.82, 2.24) is 0 Å². The number of halogens is 1. The van der Waals surface area contributed by atoms with Crippen LogP contribution >= 0.6 is 15.9 Å². The number of anilines is 1. The lowest BCUT2D eigenvalue weighted by atomic mass is 10.2. The van der Waals surface area contributed by atoms with Crippen molar-refractivity contribution in [3.63, 3.8) is 0 Å². The summed E-state index contributed by atoms with van der Waals surface area (Å²) in [7, 11) is 0. The van der Waals surface area contributed by atoms with Gasteiger partial charge >= 0.3 is 0 Å². The lowest BCUT2D eigenvalue weighted by Gasteiger charge is -2.12. The molecule has 0 spiro atoms. The van der Waals surface area contributed by atoms with Gasteiger partial charge in [0.2, 0.25) is 5.76 Å². The van der Waals surface area contributed by atoms with E-state index in [2.05, 4.69) is 21.2 Å². The molecule has 5 heteroatoms. The zero-order chi connectivity index (χ0) is 14.5. The number of benzene rings is 1. The van der Waals surface area contributed by atoms with Crippen molar-refractivity contribution >= 4 is 27.5 Å². The normalized spacial score (nSPS) is 10.3. The number of amides is 1. The lowest BCUT2D eigenvalue weighted by Crippen LogP contribution is -2.13. The number of hydrogen-bond acceptors (Lipinski definition) is 3. The van der Waals surface area contributed by atoms with E-state index in [1.165, 1.54) is 6.26 Å². The molecule has 20 heavy (non-hydrogen) atoms. The average Bonchev–Trinajstić information content (AvgIpc) is 2.85. The molecule has 0 radical (unpaired) electrons. The third kappa shape index (κ3) is 3.42. The Kier molecular flexibility index (Phi) is 4.84. The Morgan fingerprint density at radius 1 is 1.40 bits per heavy atom. The molecule has 0 aliphatic heterocycles. The molecule has 1 amide bonds. The van der Waals surface area contributed by atoms with Gasteiger partial charge in [-0.15, -0.1) is 0 Å². The third-order valence-electron chi connectivity index (χ3n) is 2.67. The third-order valence-corrected chi connectivity index (χ3v) is 3.29. The summed E-state index contributed by atoms with van der Waals surface area (Å²) in [6.07, 6.45) is 2.37. The van der Waals surface area contributed by atoms with Gasteiger partial charge in [0.15, 0.2) is 0 Å². The van der Waals surface area contributed by atoms with Crippen molar-refractivity contribution in [2.24, 2.45) is 0 Å². The van der Waals surface area contributed by atoms with Gasteiger partial charge in [0.1, 0.15) is 5.75 Å². The summed E-state index contributed by atoms with van der Waals surface area (Å²) < 4.78 is 11.4. The Morgan fingerprint density at radius 3 is 2.85 bits per heavy atom. The molecule has 2 rings (SSSR count). The van der Waals surface area contributed by atoms with E-state index in [9.17, 15) is 4.79 Å². The van der Waals surface area contributed by atoms with Crippen LogP contribution in [0.1, 0.15) is 29.5 Å². The van der Waals surface area contributed by atoms with Crippen LogP contribution < -0.4 is 10.1 Å². The second kappa shape index (κ2) is 6.61. The van der Waals surface area contributed by atoms with Crippen LogP contribution in [0.2, 0.25) is 0 Å². The van der Waals surface area contributed by atoms with Crippen molar-refractivity contribution in [2.45, 2.75) is 20.3 Å². The Balaban J connectivity index is 2.20. The van der Waals surface area contributed by atoms with Gasteiger partial charge in [-0.3, -0.25) is 4.79 Å². The molecule has 1 aromatic heterocycles. The van der Waals surface area contributed by atoms with E-state index >= 15 is 0 Å². The number of hydrogen-bond donors (Lipinski definition) is 1. The second-order valence-electron chi connectivity index (χ2n) is 4.40. The zero-order valence-corrected chi connectivity index (χ0v) is 13.0. The highest BCUT2D eigenvalue weighted by Gasteiger charge is 2.16. The van der Waals surface area contributed by atoms with E-state index < -0.39 is 0 Å². The average molecular weight is 338 g/mol. The van der Waals surface area contributed by atoms with Gasteiger partial charge in [0, 0.05) is 0 Å². The van der Waals surface area contributed by atoms with Gasteiger partial charge in [-0.1, -0.05) is 13.0 Å². The molecule has 0 aliphatic carbocycles. The number of aryl methyl sites for hydroxylation is 1. The van der Waals surface area contributed by atoms with Crippen LogP contribution in [0.15, 0.2) is 39.4 Å². The molecular weight excluding hydrogens is 322 g/mol. The van der Waals surface area contributed by atoms with Gasteiger partial charge in [-0.05, 0) is 53.0 Å². The van der Waals surface area contributed by atoms with Crippen LogP contribution in [-0.4, -0.2) is 12.5 Å². The number of nitrogens with one attached hydrogen (secondary N) is 1. The van der Waals surface area contributed by atoms with Crippen molar-refractivity contribution in [1.29, 1.82) is 0 Å². The Morgan fingerprint density at radius 2 is 2.20 bits per heavy atom. The van der Waals surface area contributed by atoms with Crippen molar-refractivity contribution in [2.75, 3.05) is 11.9 Å². The largest absolute Gasteiger partial charge is 0.491 e. The van der Waals surface area contributed by atoms with Crippen LogP contribution in [0.3, 0.4) is 0 Å². The Labute approximate surface area is 126 Å². The smallest absolute Gasteiger partial charge is 0.292 e. The standard InChI is InChI=1S/C15H16BrNO3/c1-3-7-19-13-9-10(2)4-5-12(13)17-15(18)14-11(16)6-8-20-14/h4-6,8-9H,3,7H2,1-2H3,(H,17,18). The fraction of sp³-hybridized carbons (Fsp3) is 0.267. The summed E-state index contributed by atoms with van der Waals surface area (Å²) in [5.41, 5.74) is 1.71. The lowest BCUT2D eigenvalue weighted by molar-refractivity contribution is 0.0995. The monoisotopic (exact) mass is 337 g/mol.